The van der Waals surface area contributed by atoms with Crippen LogP contribution in [0.5, 0.6) is 0 Å². The van der Waals surface area contributed by atoms with E-state index < -0.39 is 0 Å². The van der Waals surface area contributed by atoms with E-state index in [0.717, 1.165) is 41.9 Å². The zero-order valence-corrected chi connectivity index (χ0v) is 13.2. The number of rotatable bonds is 4. The number of nitrogens with one attached hydrogen (secondary N) is 1. The van der Waals surface area contributed by atoms with E-state index in [1.54, 1.807) is 0 Å². The van der Waals surface area contributed by atoms with Gasteiger partial charge < -0.3 is 10.4 Å². The van der Waals surface area contributed by atoms with Crippen molar-refractivity contribution in [2.45, 2.75) is 57.4 Å². The van der Waals surface area contributed by atoms with Crippen molar-refractivity contribution in [3.63, 3.8) is 0 Å². The largest absolute Gasteiger partial charge is 0.394 e. The zero-order chi connectivity index (χ0) is 13.9. The van der Waals surface area contributed by atoms with Gasteiger partial charge in [-0.2, -0.15) is 0 Å². The standard InChI is InChI=1S/C14H22BrN3O/c1-10(2)13-16-11(15)8-12(17-13)18-14(9-19)6-4-3-5-7-14/h8,10,19H,3-7,9H2,1-2H3,(H,16,17,18). The third-order valence-corrected chi connectivity index (χ3v) is 4.14. The molecule has 0 radical (unpaired) electrons. The molecule has 1 saturated carbocycles. The Morgan fingerprint density at radius 3 is 2.58 bits per heavy atom. The van der Waals surface area contributed by atoms with Gasteiger partial charge in [0.2, 0.25) is 0 Å². The predicted octanol–water partition coefficient (Wildman–Crippen LogP) is 3.47. The molecule has 0 spiro atoms. The van der Waals surface area contributed by atoms with Crippen LogP contribution in [0.4, 0.5) is 5.82 Å². The molecule has 0 bridgehead atoms. The van der Waals surface area contributed by atoms with E-state index in [1.165, 1.54) is 6.42 Å². The van der Waals surface area contributed by atoms with Crippen molar-refractivity contribution in [3.05, 3.63) is 16.5 Å². The molecule has 0 aliphatic heterocycles. The molecular weight excluding hydrogens is 306 g/mol. The number of halogens is 1. The first kappa shape index (κ1) is 14.7. The van der Waals surface area contributed by atoms with E-state index in [1.807, 2.05) is 6.07 Å². The number of hydrogen-bond donors (Lipinski definition) is 2. The van der Waals surface area contributed by atoms with Gasteiger partial charge in [0.05, 0.1) is 12.1 Å². The number of anilines is 1. The minimum atomic E-state index is -0.208. The van der Waals surface area contributed by atoms with Gasteiger partial charge in [0.25, 0.3) is 0 Å². The van der Waals surface area contributed by atoms with Gasteiger partial charge in [0, 0.05) is 12.0 Å². The molecule has 1 fully saturated rings. The van der Waals surface area contributed by atoms with Gasteiger partial charge in [-0.3, -0.25) is 0 Å². The maximum absolute atomic E-state index is 9.73. The number of aromatic nitrogens is 2. The summed E-state index contributed by atoms with van der Waals surface area (Å²) in [7, 11) is 0. The average molecular weight is 328 g/mol. The third kappa shape index (κ3) is 3.66. The minimum absolute atomic E-state index is 0.158. The van der Waals surface area contributed by atoms with Crippen LogP contribution in [0, 0.1) is 0 Å². The Labute approximate surface area is 123 Å². The molecule has 1 heterocycles. The maximum atomic E-state index is 9.73. The Kier molecular flexibility index (Phi) is 4.79. The molecule has 1 aliphatic rings. The monoisotopic (exact) mass is 327 g/mol. The van der Waals surface area contributed by atoms with Crippen molar-refractivity contribution >= 4 is 21.7 Å². The molecule has 2 rings (SSSR count). The highest BCUT2D eigenvalue weighted by Gasteiger charge is 2.31. The van der Waals surface area contributed by atoms with Crippen LogP contribution in [-0.4, -0.2) is 27.2 Å². The number of aliphatic hydroxyl groups excluding tert-OH is 1. The summed E-state index contributed by atoms with van der Waals surface area (Å²) in [6.07, 6.45) is 5.59. The molecule has 1 aromatic rings. The van der Waals surface area contributed by atoms with Crippen LogP contribution >= 0.6 is 15.9 Å². The van der Waals surface area contributed by atoms with Crippen molar-refractivity contribution < 1.29 is 5.11 Å². The Balaban J connectivity index is 2.21. The second-order valence-corrected chi connectivity index (χ2v) is 6.53. The molecule has 5 heteroatoms. The molecular formula is C14H22BrN3O. The van der Waals surface area contributed by atoms with Crippen LogP contribution in [0.15, 0.2) is 10.7 Å². The average Bonchev–Trinajstić information content (AvgIpc) is 2.39. The Morgan fingerprint density at radius 2 is 2.00 bits per heavy atom. The van der Waals surface area contributed by atoms with E-state index in [2.05, 4.69) is 45.1 Å². The summed E-state index contributed by atoms with van der Waals surface area (Å²) in [5, 5.41) is 13.2. The van der Waals surface area contributed by atoms with Crippen molar-refractivity contribution in [1.82, 2.24) is 9.97 Å². The van der Waals surface area contributed by atoms with Gasteiger partial charge in [-0.1, -0.05) is 33.1 Å². The highest BCUT2D eigenvalue weighted by molar-refractivity contribution is 9.10. The number of hydrogen-bond acceptors (Lipinski definition) is 4. The van der Waals surface area contributed by atoms with E-state index in [0.29, 0.717) is 0 Å². The summed E-state index contributed by atoms with van der Waals surface area (Å²) in [6, 6.07) is 1.89. The van der Waals surface area contributed by atoms with Gasteiger partial charge in [-0.05, 0) is 28.8 Å². The SMILES string of the molecule is CC(C)c1nc(Br)cc(NC2(CO)CCCCC2)n1. The molecule has 0 atom stereocenters. The van der Waals surface area contributed by atoms with Crippen molar-refractivity contribution in [2.75, 3.05) is 11.9 Å². The molecule has 1 aliphatic carbocycles. The fourth-order valence-corrected chi connectivity index (χ4v) is 2.98. The highest BCUT2D eigenvalue weighted by atomic mass is 79.9. The van der Waals surface area contributed by atoms with Crippen LogP contribution in [-0.2, 0) is 0 Å². The maximum Gasteiger partial charge on any atom is 0.134 e. The normalized spacial score (nSPS) is 18.6. The van der Waals surface area contributed by atoms with Crippen LogP contribution in [0.2, 0.25) is 0 Å². The van der Waals surface area contributed by atoms with Crippen LogP contribution in [0.1, 0.15) is 57.7 Å². The van der Waals surface area contributed by atoms with Gasteiger partial charge >= 0.3 is 0 Å². The van der Waals surface area contributed by atoms with Gasteiger partial charge in [-0.25, -0.2) is 9.97 Å². The molecule has 0 amide bonds. The molecule has 106 valence electrons. The first-order chi connectivity index (χ1) is 9.04. The molecule has 1 aromatic heterocycles. The summed E-state index contributed by atoms with van der Waals surface area (Å²) >= 11 is 3.43. The van der Waals surface area contributed by atoms with Crippen LogP contribution in [0.25, 0.3) is 0 Å². The van der Waals surface area contributed by atoms with Gasteiger partial charge in [0.15, 0.2) is 0 Å². The lowest BCUT2D eigenvalue weighted by Gasteiger charge is -2.37. The van der Waals surface area contributed by atoms with Crippen molar-refractivity contribution in [1.29, 1.82) is 0 Å². The first-order valence-electron chi connectivity index (χ1n) is 6.98. The third-order valence-electron chi connectivity index (χ3n) is 3.74. The Bertz CT molecular complexity index is 431. The summed E-state index contributed by atoms with van der Waals surface area (Å²) in [5.41, 5.74) is -0.208. The van der Waals surface area contributed by atoms with Crippen LogP contribution in [0.3, 0.4) is 0 Å². The Morgan fingerprint density at radius 1 is 1.32 bits per heavy atom. The van der Waals surface area contributed by atoms with E-state index >= 15 is 0 Å². The van der Waals surface area contributed by atoms with E-state index in [-0.39, 0.29) is 18.1 Å². The summed E-state index contributed by atoms with van der Waals surface area (Å²) < 4.78 is 0.789. The topological polar surface area (TPSA) is 58.0 Å². The Hall–Kier alpha value is -0.680. The molecule has 0 aromatic carbocycles. The zero-order valence-electron chi connectivity index (χ0n) is 11.6. The first-order valence-corrected chi connectivity index (χ1v) is 7.77. The summed E-state index contributed by atoms with van der Waals surface area (Å²) in [6.45, 7) is 4.31. The lowest BCUT2D eigenvalue weighted by molar-refractivity contribution is 0.172. The predicted molar refractivity (Wildman–Crippen MR) is 80.3 cm³/mol. The van der Waals surface area contributed by atoms with Gasteiger partial charge in [0.1, 0.15) is 16.2 Å². The van der Waals surface area contributed by atoms with Crippen molar-refractivity contribution in [3.8, 4) is 0 Å². The molecule has 2 N–H and O–H groups in total. The lowest BCUT2D eigenvalue weighted by atomic mass is 9.82. The molecule has 0 unspecified atom stereocenters. The number of aliphatic hydroxyl groups is 1. The molecule has 0 saturated heterocycles. The van der Waals surface area contributed by atoms with E-state index in [9.17, 15) is 5.11 Å². The lowest BCUT2D eigenvalue weighted by Crippen LogP contribution is -2.44. The second-order valence-electron chi connectivity index (χ2n) is 5.71. The van der Waals surface area contributed by atoms with Crippen molar-refractivity contribution in [2.24, 2.45) is 0 Å². The summed E-state index contributed by atoms with van der Waals surface area (Å²) in [4.78, 5) is 8.93. The minimum Gasteiger partial charge on any atom is -0.394 e. The summed E-state index contributed by atoms with van der Waals surface area (Å²) in [5.74, 6) is 1.91. The second kappa shape index (κ2) is 6.18. The van der Waals surface area contributed by atoms with Gasteiger partial charge in [-0.15, -0.1) is 0 Å². The van der Waals surface area contributed by atoms with Crippen LogP contribution < -0.4 is 5.32 Å². The molecule has 4 nitrogen and oxygen atoms in total. The van der Waals surface area contributed by atoms with E-state index in [4.69, 9.17) is 0 Å². The highest BCUT2D eigenvalue weighted by Crippen LogP contribution is 2.31. The quantitative estimate of drug-likeness (QED) is 0.831. The fourth-order valence-electron chi connectivity index (χ4n) is 2.58. The molecule has 19 heavy (non-hydrogen) atoms. The fraction of sp³-hybridized carbons (Fsp3) is 0.714. The number of nitrogens with zero attached hydrogens (tertiary/aromatic N) is 2. The smallest absolute Gasteiger partial charge is 0.134 e.